The van der Waals surface area contributed by atoms with Gasteiger partial charge in [0.2, 0.25) is 0 Å². The highest BCUT2D eigenvalue weighted by Gasteiger charge is 2.23. The van der Waals surface area contributed by atoms with E-state index in [-0.39, 0.29) is 12.6 Å². The highest BCUT2D eigenvalue weighted by molar-refractivity contribution is 5.05. The Morgan fingerprint density at radius 1 is 1.50 bits per heavy atom. The number of rotatable bonds is 3. The van der Waals surface area contributed by atoms with Crippen LogP contribution in [0.3, 0.4) is 0 Å². The Balaban J connectivity index is 2.04. The standard InChI is InChI=1S/C10H16N2O2/c13-8-9(10-2-1-7-14-10)12-5-3-11-4-6-12/h1-2,7,9,11,13H,3-6,8H2. The highest BCUT2D eigenvalue weighted by Crippen LogP contribution is 2.20. The Labute approximate surface area is 83.5 Å². The molecule has 1 unspecified atom stereocenters. The largest absolute Gasteiger partial charge is 0.468 e. The number of nitrogens with zero attached hydrogens (tertiary/aromatic N) is 1. The summed E-state index contributed by atoms with van der Waals surface area (Å²) in [5.74, 6) is 0.856. The number of furan rings is 1. The first kappa shape index (κ1) is 9.71. The summed E-state index contributed by atoms with van der Waals surface area (Å²) in [6, 6.07) is 3.80. The van der Waals surface area contributed by atoms with E-state index in [1.54, 1.807) is 6.26 Å². The molecule has 1 aliphatic rings. The number of hydrogen-bond donors (Lipinski definition) is 2. The predicted octanol–water partition coefficient (Wildman–Crippen LogP) is 0.218. The molecule has 4 nitrogen and oxygen atoms in total. The zero-order chi connectivity index (χ0) is 9.80. The Morgan fingerprint density at radius 2 is 2.29 bits per heavy atom. The molecule has 0 aliphatic carbocycles. The minimum atomic E-state index is 0.0205. The molecule has 78 valence electrons. The molecule has 0 radical (unpaired) electrons. The molecule has 1 aromatic rings. The summed E-state index contributed by atoms with van der Waals surface area (Å²) in [6.07, 6.45) is 1.65. The molecule has 1 aromatic heterocycles. The fourth-order valence-electron chi connectivity index (χ4n) is 1.86. The number of nitrogens with one attached hydrogen (secondary N) is 1. The van der Waals surface area contributed by atoms with Crippen LogP contribution < -0.4 is 5.32 Å². The second-order valence-electron chi connectivity index (χ2n) is 3.50. The van der Waals surface area contributed by atoms with Gasteiger partial charge in [-0.25, -0.2) is 0 Å². The Kier molecular flexibility index (Phi) is 3.18. The smallest absolute Gasteiger partial charge is 0.123 e. The van der Waals surface area contributed by atoms with E-state index in [0.717, 1.165) is 31.9 Å². The summed E-state index contributed by atoms with van der Waals surface area (Å²) in [7, 11) is 0. The van der Waals surface area contributed by atoms with Crippen LogP contribution in [0, 0.1) is 0 Å². The number of hydrogen-bond acceptors (Lipinski definition) is 4. The first-order valence-corrected chi connectivity index (χ1v) is 5.01. The van der Waals surface area contributed by atoms with Gasteiger partial charge in [0.15, 0.2) is 0 Å². The number of aliphatic hydroxyl groups excluding tert-OH is 1. The summed E-state index contributed by atoms with van der Waals surface area (Å²) in [5.41, 5.74) is 0. The van der Waals surface area contributed by atoms with Crippen molar-refractivity contribution in [2.75, 3.05) is 32.8 Å². The Bertz CT molecular complexity index is 255. The molecule has 1 aliphatic heterocycles. The minimum absolute atomic E-state index is 0.0205. The van der Waals surface area contributed by atoms with E-state index in [9.17, 15) is 5.11 Å². The maximum absolute atomic E-state index is 9.33. The third-order valence-electron chi connectivity index (χ3n) is 2.64. The van der Waals surface area contributed by atoms with Crippen LogP contribution in [0.2, 0.25) is 0 Å². The van der Waals surface area contributed by atoms with E-state index in [1.165, 1.54) is 0 Å². The second kappa shape index (κ2) is 4.59. The summed E-state index contributed by atoms with van der Waals surface area (Å²) < 4.78 is 5.32. The maximum atomic E-state index is 9.33. The fourth-order valence-corrected chi connectivity index (χ4v) is 1.86. The molecular weight excluding hydrogens is 180 g/mol. The van der Waals surface area contributed by atoms with Gasteiger partial charge in [-0.1, -0.05) is 0 Å². The first-order valence-electron chi connectivity index (χ1n) is 5.01. The maximum Gasteiger partial charge on any atom is 0.123 e. The van der Waals surface area contributed by atoms with Crippen molar-refractivity contribution >= 4 is 0 Å². The van der Waals surface area contributed by atoms with Crippen molar-refractivity contribution in [2.24, 2.45) is 0 Å². The molecular formula is C10H16N2O2. The van der Waals surface area contributed by atoms with E-state index >= 15 is 0 Å². The molecule has 0 amide bonds. The number of piperazine rings is 1. The molecule has 0 bridgehead atoms. The summed E-state index contributed by atoms with van der Waals surface area (Å²) in [6.45, 7) is 4.01. The summed E-state index contributed by atoms with van der Waals surface area (Å²) in [4.78, 5) is 2.25. The lowest BCUT2D eigenvalue weighted by atomic mass is 10.2. The van der Waals surface area contributed by atoms with Gasteiger partial charge in [-0.05, 0) is 12.1 Å². The van der Waals surface area contributed by atoms with Crippen LogP contribution in [-0.4, -0.2) is 42.8 Å². The SMILES string of the molecule is OCC(c1ccco1)N1CCNCC1. The van der Waals surface area contributed by atoms with E-state index in [2.05, 4.69) is 10.2 Å². The van der Waals surface area contributed by atoms with Crippen molar-refractivity contribution in [3.8, 4) is 0 Å². The third kappa shape index (κ3) is 1.97. The van der Waals surface area contributed by atoms with Crippen molar-refractivity contribution in [2.45, 2.75) is 6.04 Å². The molecule has 0 aromatic carbocycles. The van der Waals surface area contributed by atoms with Crippen molar-refractivity contribution in [1.82, 2.24) is 10.2 Å². The molecule has 0 spiro atoms. The average molecular weight is 196 g/mol. The molecule has 0 saturated carbocycles. The quantitative estimate of drug-likeness (QED) is 0.726. The lowest BCUT2D eigenvalue weighted by molar-refractivity contribution is 0.0957. The molecule has 2 N–H and O–H groups in total. The van der Waals surface area contributed by atoms with Gasteiger partial charge in [-0.3, -0.25) is 4.90 Å². The average Bonchev–Trinajstić information content (AvgIpc) is 2.74. The van der Waals surface area contributed by atoms with Gasteiger partial charge in [-0.2, -0.15) is 0 Å². The van der Waals surface area contributed by atoms with Crippen molar-refractivity contribution in [3.05, 3.63) is 24.2 Å². The zero-order valence-electron chi connectivity index (χ0n) is 8.15. The lowest BCUT2D eigenvalue weighted by Gasteiger charge is -2.32. The van der Waals surface area contributed by atoms with E-state index < -0.39 is 0 Å². The van der Waals surface area contributed by atoms with Gasteiger partial charge in [0.05, 0.1) is 18.9 Å². The van der Waals surface area contributed by atoms with Gasteiger partial charge in [0.1, 0.15) is 5.76 Å². The first-order chi connectivity index (χ1) is 6.92. The molecule has 1 saturated heterocycles. The van der Waals surface area contributed by atoms with Crippen LogP contribution in [-0.2, 0) is 0 Å². The van der Waals surface area contributed by atoms with Crippen molar-refractivity contribution in [1.29, 1.82) is 0 Å². The number of aliphatic hydroxyl groups is 1. The summed E-state index contributed by atoms with van der Waals surface area (Å²) >= 11 is 0. The molecule has 2 rings (SSSR count). The van der Waals surface area contributed by atoms with Crippen LogP contribution in [0.4, 0.5) is 0 Å². The van der Waals surface area contributed by atoms with E-state index in [4.69, 9.17) is 4.42 Å². The lowest BCUT2D eigenvalue weighted by Crippen LogP contribution is -2.45. The van der Waals surface area contributed by atoms with E-state index in [0.29, 0.717) is 0 Å². The third-order valence-corrected chi connectivity index (χ3v) is 2.64. The molecule has 2 heterocycles. The van der Waals surface area contributed by atoms with Crippen molar-refractivity contribution < 1.29 is 9.52 Å². The van der Waals surface area contributed by atoms with Crippen LogP contribution in [0.15, 0.2) is 22.8 Å². The minimum Gasteiger partial charge on any atom is -0.468 e. The van der Waals surface area contributed by atoms with E-state index in [1.807, 2.05) is 12.1 Å². The molecule has 1 fully saturated rings. The highest BCUT2D eigenvalue weighted by atomic mass is 16.3. The normalized spacial score (nSPS) is 20.9. The topological polar surface area (TPSA) is 48.6 Å². The van der Waals surface area contributed by atoms with Gasteiger partial charge < -0.3 is 14.8 Å². The molecule has 14 heavy (non-hydrogen) atoms. The second-order valence-corrected chi connectivity index (χ2v) is 3.50. The van der Waals surface area contributed by atoms with Gasteiger partial charge in [-0.15, -0.1) is 0 Å². The predicted molar refractivity (Wildman–Crippen MR) is 53.0 cm³/mol. The van der Waals surface area contributed by atoms with Gasteiger partial charge in [0, 0.05) is 26.2 Å². The van der Waals surface area contributed by atoms with Crippen LogP contribution in [0.5, 0.6) is 0 Å². The van der Waals surface area contributed by atoms with Gasteiger partial charge in [0.25, 0.3) is 0 Å². The van der Waals surface area contributed by atoms with Crippen molar-refractivity contribution in [3.63, 3.8) is 0 Å². The van der Waals surface area contributed by atoms with Gasteiger partial charge >= 0.3 is 0 Å². The monoisotopic (exact) mass is 196 g/mol. The summed E-state index contributed by atoms with van der Waals surface area (Å²) in [5, 5.41) is 12.6. The van der Waals surface area contributed by atoms with Crippen LogP contribution in [0.25, 0.3) is 0 Å². The Hall–Kier alpha value is -0.840. The van der Waals surface area contributed by atoms with Crippen LogP contribution >= 0.6 is 0 Å². The fraction of sp³-hybridized carbons (Fsp3) is 0.600. The molecule has 4 heteroatoms. The van der Waals surface area contributed by atoms with Crippen LogP contribution in [0.1, 0.15) is 11.8 Å². The Morgan fingerprint density at radius 3 is 2.86 bits per heavy atom. The zero-order valence-corrected chi connectivity index (χ0v) is 8.15. The molecule has 1 atom stereocenters.